The van der Waals surface area contributed by atoms with Crippen LogP contribution < -0.4 is 16.4 Å². The fourth-order valence-electron chi connectivity index (χ4n) is 4.81. The maximum atomic E-state index is 13.1. The van der Waals surface area contributed by atoms with Gasteiger partial charge in [0, 0.05) is 34.1 Å². The lowest BCUT2D eigenvalue weighted by Gasteiger charge is -2.13. The van der Waals surface area contributed by atoms with Crippen molar-refractivity contribution in [1.29, 1.82) is 0 Å². The monoisotopic (exact) mass is 617 g/mol. The van der Waals surface area contributed by atoms with E-state index < -0.39 is 6.04 Å². The summed E-state index contributed by atoms with van der Waals surface area (Å²) in [4.78, 5) is 31.7. The van der Waals surface area contributed by atoms with E-state index >= 15 is 0 Å². The zero-order valence-corrected chi connectivity index (χ0v) is 25.7. The number of halogens is 1. The molecule has 0 radical (unpaired) electrons. The zero-order chi connectivity index (χ0) is 30.5. The van der Waals surface area contributed by atoms with Crippen molar-refractivity contribution in [2.75, 3.05) is 19.6 Å². The highest BCUT2D eigenvalue weighted by Gasteiger charge is 2.32. The van der Waals surface area contributed by atoms with Crippen LogP contribution in [0.25, 0.3) is 5.00 Å². The van der Waals surface area contributed by atoms with Crippen molar-refractivity contribution in [3.8, 4) is 16.8 Å². The number of aryl methyl sites for hydroxylation is 2. The Morgan fingerprint density at radius 3 is 2.56 bits per heavy atom. The van der Waals surface area contributed by atoms with Crippen molar-refractivity contribution in [3.05, 3.63) is 86.2 Å². The van der Waals surface area contributed by atoms with Gasteiger partial charge in [-0.1, -0.05) is 29.7 Å². The molecular weight excluding hydrogens is 586 g/mol. The summed E-state index contributed by atoms with van der Waals surface area (Å²) in [5, 5.41) is 16.3. The summed E-state index contributed by atoms with van der Waals surface area (Å²) in [5.74, 6) is 6.95. The van der Waals surface area contributed by atoms with Crippen LogP contribution in [0.15, 0.2) is 45.8 Å². The van der Waals surface area contributed by atoms with E-state index in [0.717, 1.165) is 33.2 Å². The van der Waals surface area contributed by atoms with Crippen LogP contribution in [0.4, 0.5) is 0 Å². The van der Waals surface area contributed by atoms with Crippen LogP contribution in [0.2, 0.25) is 5.02 Å². The van der Waals surface area contributed by atoms with E-state index in [1.165, 1.54) is 4.88 Å². The molecule has 3 aromatic heterocycles. The molecule has 1 aromatic carbocycles. The van der Waals surface area contributed by atoms with Crippen molar-refractivity contribution < 1.29 is 14.0 Å². The summed E-state index contributed by atoms with van der Waals surface area (Å²) in [6.45, 7) is 7.22. The normalized spacial score (nSPS) is 13.7. The largest absolute Gasteiger partial charge is 0.443 e. The molecule has 4 N–H and O–H groups in total. The Labute approximate surface area is 258 Å². The first-order valence-electron chi connectivity index (χ1n) is 14.0. The third-order valence-corrected chi connectivity index (χ3v) is 8.54. The summed E-state index contributed by atoms with van der Waals surface area (Å²) >= 11 is 7.86. The maximum Gasteiger partial charge on any atom is 0.287 e. The highest BCUT2D eigenvalue weighted by molar-refractivity contribution is 7.15. The Morgan fingerprint density at radius 1 is 1.07 bits per heavy atom. The first-order valence-corrected chi connectivity index (χ1v) is 15.2. The van der Waals surface area contributed by atoms with Crippen LogP contribution in [0, 0.1) is 32.6 Å². The molecule has 4 heterocycles. The van der Waals surface area contributed by atoms with Crippen LogP contribution >= 0.6 is 22.9 Å². The highest BCUT2D eigenvalue weighted by Crippen LogP contribution is 2.39. The van der Waals surface area contributed by atoms with Gasteiger partial charge in [0.1, 0.15) is 16.9 Å². The summed E-state index contributed by atoms with van der Waals surface area (Å²) in [7, 11) is 0. The Kier molecular flexibility index (Phi) is 9.40. The number of aromatic nitrogens is 3. The van der Waals surface area contributed by atoms with Crippen LogP contribution in [-0.2, 0) is 4.79 Å². The number of nitrogens with one attached hydrogen (secondary N) is 2. The standard InChI is InChI=1S/C31H32ClN7O3S/c1-18-19(2)43-31-27(18)28(21-8-10-22(32)11-9-21)36-24(29-38-37-20(3)39(29)31)17-26(40)34-15-4-5-16-35-30(41)25-13-12-23(42-25)7-6-14-33/h8-13,24H,4-5,14-17,33H2,1-3H3,(H,34,40)(H,35,41)/t24-/m0/s1. The molecule has 10 nitrogen and oxygen atoms in total. The first kappa shape index (κ1) is 30.2. The number of amides is 2. The van der Waals surface area contributed by atoms with Crippen molar-refractivity contribution in [2.45, 2.75) is 46.1 Å². The van der Waals surface area contributed by atoms with E-state index in [2.05, 4.69) is 46.5 Å². The van der Waals surface area contributed by atoms with E-state index in [0.29, 0.717) is 42.5 Å². The maximum absolute atomic E-state index is 13.1. The molecular formula is C31H32ClN7O3S. The molecule has 1 atom stereocenters. The van der Waals surface area contributed by atoms with E-state index in [1.54, 1.807) is 23.5 Å². The topological polar surface area (TPSA) is 140 Å². The zero-order valence-electron chi connectivity index (χ0n) is 24.2. The molecule has 1 aliphatic heterocycles. The molecule has 12 heteroatoms. The van der Waals surface area contributed by atoms with Gasteiger partial charge in [0.25, 0.3) is 5.91 Å². The smallest absolute Gasteiger partial charge is 0.287 e. The number of carbonyl (C=O) groups excluding carboxylic acids is 2. The van der Waals surface area contributed by atoms with Gasteiger partial charge in [-0.25, -0.2) is 0 Å². The highest BCUT2D eigenvalue weighted by atomic mass is 35.5. The number of benzene rings is 1. The quantitative estimate of drug-likeness (QED) is 0.188. The third kappa shape index (κ3) is 6.72. The minimum absolute atomic E-state index is 0.118. The van der Waals surface area contributed by atoms with E-state index in [9.17, 15) is 9.59 Å². The molecule has 43 heavy (non-hydrogen) atoms. The lowest BCUT2D eigenvalue weighted by molar-refractivity contribution is -0.121. The molecule has 4 aromatic rings. The van der Waals surface area contributed by atoms with E-state index in [-0.39, 0.29) is 30.5 Å². The van der Waals surface area contributed by atoms with Crippen LogP contribution in [-0.4, -0.2) is 51.9 Å². The van der Waals surface area contributed by atoms with Gasteiger partial charge in [-0.15, -0.1) is 21.5 Å². The Hall–Kier alpha value is -4.24. The molecule has 222 valence electrons. The second-order valence-corrected chi connectivity index (χ2v) is 11.7. The van der Waals surface area contributed by atoms with Gasteiger partial charge >= 0.3 is 0 Å². The summed E-state index contributed by atoms with van der Waals surface area (Å²) in [6.07, 6.45) is 1.49. The predicted octanol–water partition coefficient (Wildman–Crippen LogP) is 4.42. The van der Waals surface area contributed by atoms with Crippen LogP contribution in [0.1, 0.15) is 74.8 Å². The molecule has 0 aliphatic carbocycles. The SMILES string of the molecule is Cc1sc2c(c1C)C(c1ccc(Cl)cc1)=N[C@@H](CC(=O)NCCCCNC(=O)c1ccc(C#CCN)o1)c1nnc(C)n1-2. The fraction of sp³-hybridized carbons (Fsp3) is 0.323. The number of furan rings is 1. The molecule has 0 bridgehead atoms. The number of hydrogen-bond acceptors (Lipinski definition) is 8. The van der Waals surface area contributed by atoms with E-state index in [1.807, 2.05) is 35.8 Å². The molecule has 1 aliphatic rings. The minimum Gasteiger partial charge on any atom is -0.443 e. The number of thiophene rings is 1. The third-order valence-electron chi connectivity index (χ3n) is 7.09. The molecule has 0 unspecified atom stereocenters. The number of rotatable bonds is 9. The Balaban J connectivity index is 1.22. The van der Waals surface area contributed by atoms with Gasteiger partial charge in [0.2, 0.25) is 5.91 Å². The lowest BCUT2D eigenvalue weighted by atomic mass is 9.99. The average Bonchev–Trinajstić information content (AvgIpc) is 3.67. The number of carbonyl (C=O) groups is 2. The van der Waals surface area contributed by atoms with Gasteiger partial charge in [-0.2, -0.15) is 0 Å². The van der Waals surface area contributed by atoms with Gasteiger partial charge < -0.3 is 20.8 Å². The predicted molar refractivity (Wildman–Crippen MR) is 167 cm³/mol. The molecule has 0 saturated heterocycles. The van der Waals surface area contributed by atoms with E-state index in [4.69, 9.17) is 26.7 Å². The lowest BCUT2D eigenvalue weighted by Crippen LogP contribution is -2.28. The molecule has 0 fully saturated rings. The Morgan fingerprint density at radius 2 is 1.81 bits per heavy atom. The number of aliphatic imine (C=N–C) groups is 1. The summed E-state index contributed by atoms with van der Waals surface area (Å²) in [5.41, 5.74) is 9.24. The first-order chi connectivity index (χ1) is 20.8. The van der Waals surface area contributed by atoms with Gasteiger partial charge in [-0.3, -0.25) is 19.1 Å². The second-order valence-electron chi connectivity index (χ2n) is 10.1. The van der Waals surface area contributed by atoms with Crippen molar-refractivity contribution in [2.24, 2.45) is 10.7 Å². The number of nitrogens with two attached hydrogens (primary N) is 1. The number of nitrogens with zero attached hydrogens (tertiary/aromatic N) is 4. The fourth-order valence-corrected chi connectivity index (χ4v) is 6.15. The molecule has 0 spiro atoms. The Bertz CT molecular complexity index is 1740. The number of hydrogen-bond donors (Lipinski definition) is 3. The van der Waals surface area contributed by atoms with Crippen molar-refractivity contribution >= 4 is 40.5 Å². The van der Waals surface area contributed by atoms with Gasteiger partial charge in [0.05, 0.1) is 18.7 Å². The van der Waals surface area contributed by atoms with Gasteiger partial charge in [0.15, 0.2) is 17.3 Å². The molecule has 0 saturated carbocycles. The molecule has 2 amide bonds. The van der Waals surface area contributed by atoms with Crippen LogP contribution in [0.5, 0.6) is 0 Å². The number of unbranched alkanes of at least 4 members (excludes halogenated alkanes) is 1. The molecule has 5 rings (SSSR count). The van der Waals surface area contributed by atoms with Crippen molar-refractivity contribution in [1.82, 2.24) is 25.4 Å². The minimum atomic E-state index is -0.529. The van der Waals surface area contributed by atoms with Crippen molar-refractivity contribution in [3.63, 3.8) is 0 Å². The van der Waals surface area contributed by atoms with Crippen LogP contribution in [0.3, 0.4) is 0 Å². The number of fused-ring (bicyclic) bond motifs is 3. The summed E-state index contributed by atoms with van der Waals surface area (Å²) < 4.78 is 7.44. The van der Waals surface area contributed by atoms with Gasteiger partial charge in [-0.05, 0) is 69.4 Å². The second kappa shape index (κ2) is 13.4. The average molecular weight is 618 g/mol. The summed E-state index contributed by atoms with van der Waals surface area (Å²) in [6, 6.07) is 10.3.